The van der Waals surface area contributed by atoms with Gasteiger partial charge in [0.25, 0.3) is 0 Å². The molecule has 2 amide bonds. The molecule has 2 saturated carbocycles. The van der Waals surface area contributed by atoms with Gasteiger partial charge in [-0.3, -0.25) is 0 Å². The van der Waals surface area contributed by atoms with Gasteiger partial charge in [-0.2, -0.15) is 0 Å². The topological polar surface area (TPSA) is 32.3 Å². The highest BCUT2D eigenvalue weighted by Gasteiger charge is 2.53. The SMILES string of the molecule is CN(C)C(=O)NCC1(C2CC2)CC1. The van der Waals surface area contributed by atoms with Crippen molar-refractivity contribution in [3.05, 3.63) is 0 Å². The molecule has 13 heavy (non-hydrogen) atoms. The summed E-state index contributed by atoms with van der Waals surface area (Å²) in [6.45, 7) is 0.898. The van der Waals surface area contributed by atoms with Gasteiger partial charge in [0.1, 0.15) is 0 Å². The zero-order valence-electron chi connectivity index (χ0n) is 8.47. The van der Waals surface area contributed by atoms with Gasteiger partial charge in [-0.05, 0) is 37.0 Å². The Kier molecular flexibility index (Phi) is 1.97. The second-order valence-corrected chi connectivity index (χ2v) is 4.69. The number of carbonyl (C=O) groups excluding carboxylic acids is 1. The molecule has 2 rings (SSSR count). The predicted octanol–water partition coefficient (Wildman–Crippen LogP) is 1.45. The van der Waals surface area contributed by atoms with Crippen LogP contribution in [0.1, 0.15) is 25.7 Å². The molecule has 2 aliphatic carbocycles. The molecule has 0 atom stereocenters. The highest BCUT2D eigenvalue weighted by Crippen LogP contribution is 2.60. The lowest BCUT2D eigenvalue weighted by Gasteiger charge is -2.17. The summed E-state index contributed by atoms with van der Waals surface area (Å²) in [7, 11) is 3.57. The molecule has 0 heterocycles. The van der Waals surface area contributed by atoms with Crippen molar-refractivity contribution in [1.29, 1.82) is 0 Å². The maximum Gasteiger partial charge on any atom is 0.316 e. The molecule has 0 bridgehead atoms. The third-order valence-corrected chi connectivity index (χ3v) is 3.33. The van der Waals surface area contributed by atoms with Crippen molar-refractivity contribution < 1.29 is 4.79 Å². The molecular weight excluding hydrogens is 164 g/mol. The fourth-order valence-electron chi connectivity index (χ4n) is 2.00. The fraction of sp³-hybridized carbons (Fsp3) is 0.900. The number of hydrogen-bond acceptors (Lipinski definition) is 1. The van der Waals surface area contributed by atoms with Crippen LogP contribution in [-0.2, 0) is 0 Å². The first kappa shape index (κ1) is 8.85. The van der Waals surface area contributed by atoms with Crippen LogP contribution in [0.2, 0.25) is 0 Å². The van der Waals surface area contributed by atoms with Gasteiger partial charge in [0.05, 0.1) is 0 Å². The summed E-state index contributed by atoms with van der Waals surface area (Å²) < 4.78 is 0. The van der Waals surface area contributed by atoms with Gasteiger partial charge in [0.2, 0.25) is 0 Å². The van der Waals surface area contributed by atoms with E-state index in [4.69, 9.17) is 0 Å². The normalized spacial score (nSPS) is 23.8. The largest absolute Gasteiger partial charge is 0.337 e. The number of nitrogens with zero attached hydrogens (tertiary/aromatic N) is 1. The van der Waals surface area contributed by atoms with Crippen molar-refractivity contribution in [3.63, 3.8) is 0 Å². The summed E-state index contributed by atoms with van der Waals surface area (Å²) in [4.78, 5) is 12.9. The van der Waals surface area contributed by atoms with Crippen molar-refractivity contribution in [2.24, 2.45) is 11.3 Å². The van der Waals surface area contributed by atoms with Crippen LogP contribution in [0.15, 0.2) is 0 Å². The molecule has 0 unspecified atom stereocenters. The molecule has 2 fully saturated rings. The molecule has 0 saturated heterocycles. The Hall–Kier alpha value is -0.730. The van der Waals surface area contributed by atoms with E-state index in [0.29, 0.717) is 5.41 Å². The Morgan fingerprint density at radius 3 is 2.46 bits per heavy atom. The van der Waals surface area contributed by atoms with Gasteiger partial charge in [-0.25, -0.2) is 4.79 Å². The van der Waals surface area contributed by atoms with E-state index in [-0.39, 0.29) is 6.03 Å². The van der Waals surface area contributed by atoms with Crippen LogP contribution >= 0.6 is 0 Å². The standard InChI is InChI=1S/C10H18N2O/c1-12(2)9(13)11-7-10(5-6-10)8-3-4-8/h8H,3-7H2,1-2H3,(H,11,13). The molecule has 1 N–H and O–H groups in total. The summed E-state index contributed by atoms with van der Waals surface area (Å²) >= 11 is 0. The zero-order chi connectivity index (χ0) is 9.47. The molecule has 0 aromatic rings. The number of nitrogens with one attached hydrogen (secondary N) is 1. The molecule has 0 spiro atoms. The Morgan fingerprint density at radius 1 is 1.46 bits per heavy atom. The number of urea groups is 1. The van der Waals surface area contributed by atoms with Crippen LogP contribution in [0, 0.1) is 11.3 Å². The predicted molar refractivity (Wildman–Crippen MR) is 51.5 cm³/mol. The van der Waals surface area contributed by atoms with E-state index in [9.17, 15) is 4.79 Å². The Labute approximate surface area is 79.5 Å². The van der Waals surface area contributed by atoms with E-state index in [1.54, 1.807) is 19.0 Å². The summed E-state index contributed by atoms with van der Waals surface area (Å²) in [5.74, 6) is 0.926. The second-order valence-electron chi connectivity index (χ2n) is 4.69. The van der Waals surface area contributed by atoms with E-state index in [1.165, 1.54) is 25.7 Å². The van der Waals surface area contributed by atoms with E-state index >= 15 is 0 Å². The van der Waals surface area contributed by atoms with Crippen molar-refractivity contribution in [2.45, 2.75) is 25.7 Å². The van der Waals surface area contributed by atoms with Gasteiger partial charge in [-0.1, -0.05) is 0 Å². The average Bonchev–Trinajstić information content (AvgIpc) is 2.90. The highest BCUT2D eigenvalue weighted by atomic mass is 16.2. The van der Waals surface area contributed by atoms with Crippen molar-refractivity contribution >= 4 is 6.03 Å². The monoisotopic (exact) mass is 182 g/mol. The number of amides is 2. The first-order valence-corrected chi connectivity index (χ1v) is 5.09. The lowest BCUT2D eigenvalue weighted by atomic mass is 10.0. The highest BCUT2D eigenvalue weighted by molar-refractivity contribution is 5.73. The van der Waals surface area contributed by atoms with Crippen LogP contribution in [0.3, 0.4) is 0 Å². The van der Waals surface area contributed by atoms with Crippen LogP contribution in [0.5, 0.6) is 0 Å². The number of rotatable bonds is 3. The summed E-state index contributed by atoms with van der Waals surface area (Å²) in [6.07, 6.45) is 5.42. The Balaban J connectivity index is 1.76. The smallest absolute Gasteiger partial charge is 0.316 e. The van der Waals surface area contributed by atoms with Gasteiger partial charge >= 0.3 is 6.03 Å². The minimum atomic E-state index is 0.0481. The van der Waals surface area contributed by atoms with Crippen LogP contribution in [-0.4, -0.2) is 31.6 Å². The average molecular weight is 182 g/mol. The molecule has 0 aromatic carbocycles. The van der Waals surface area contributed by atoms with E-state index < -0.39 is 0 Å². The fourth-order valence-corrected chi connectivity index (χ4v) is 2.00. The first-order chi connectivity index (χ1) is 6.14. The second kappa shape index (κ2) is 2.89. The summed E-state index contributed by atoms with van der Waals surface area (Å²) in [6, 6.07) is 0.0481. The molecule has 0 radical (unpaired) electrons. The maximum atomic E-state index is 11.3. The molecule has 3 nitrogen and oxygen atoms in total. The summed E-state index contributed by atoms with van der Waals surface area (Å²) in [5.41, 5.74) is 0.520. The van der Waals surface area contributed by atoms with Crippen LogP contribution in [0.4, 0.5) is 4.79 Å². The lowest BCUT2D eigenvalue weighted by Crippen LogP contribution is -2.38. The minimum absolute atomic E-state index is 0.0481. The summed E-state index contributed by atoms with van der Waals surface area (Å²) in [5, 5.41) is 2.99. The molecule has 74 valence electrons. The number of carbonyl (C=O) groups is 1. The third kappa shape index (κ3) is 1.79. The van der Waals surface area contributed by atoms with Crippen LogP contribution in [0.25, 0.3) is 0 Å². The van der Waals surface area contributed by atoms with Gasteiger partial charge in [0, 0.05) is 20.6 Å². The van der Waals surface area contributed by atoms with E-state index in [1.807, 2.05) is 0 Å². The first-order valence-electron chi connectivity index (χ1n) is 5.09. The number of hydrogen-bond donors (Lipinski definition) is 1. The van der Waals surface area contributed by atoms with Crippen molar-refractivity contribution in [3.8, 4) is 0 Å². The van der Waals surface area contributed by atoms with Gasteiger partial charge in [-0.15, -0.1) is 0 Å². The quantitative estimate of drug-likeness (QED) is 0.704. The molecular formula is C10H18N2O. The van der Waals surface area contributed by atoms with Crippen molar-refractivity contribution in [1.82, 2.24) is 10.2 Å². The Bertz CT molecular complexity index is 217. The third-order valence-electron chi connectivity index (χ3n) is 3.33. The lowest BCUT2D eigenvalue weighted by molar-refractivity contribution is 0.213. The van der Waals surface area contributed by atoms with E-state index in [2.05, 4.69) is 5.32 Å². The van der Waals surface area contributed by atoms with Crippen LogP contribution < -0.4 is 5.32 Å². The molecule has 0 aliphatic heterocycles. The van der Waals surface area contributed by atoms with Crippen molar-refractivity contribution in [2.75, 3.05) is 20.6 Å². The maximum absolute atomic E-state index is 11.3. The van der Waals surface area contributed by atoms with Gasteiger partial charge < -0.3 is 10.2 Å². The zero-order valence-corrected chi connectivity index (χ0v) is 8.47. The van der Waals surface area contributed by atoms with Gasteiger partial charge in [0.15, 0.2) is 0 Å². The van der Waals surface area contributed by atoms with E-state index in [0.717, 1.165) is 12.5 Å². The molecule has 2 aliphatic rings. The minimum Gasteiger partial charge on any atom is -0.337 e. The Morgan fingerprint density at radius 2 is 2.08 bits per heavy atom. The molecule has 3 heteroatoms. The molecule has 0 aromatic heterocycles.